The number of carbonyl (C=O) groups is 1. The molecule has 0 unspecified atom stereocenters. The van der Waals surface area contributed by atoms with E-state index in [-0.39, 0.29) is 5.91 Å². The molecule has 116 valence electrons. The average molecular weight is 289 g/mol. The summed E-state index contributed by atoms with van der Waals surface area (Å²) in [6, 6.07) is 8.45. The highest BCUT2D eigenvalue weighted by molar-refractivity contribution is 5.94. The Balaban J connectivity index is 1.94. The fourth-order valence-electron chi connectivity index (χ4n) is 2.79. The number of hydrogen-bond donors (Lipinski definition) is 1. The van der Waals surface area contributed by atoms with Crippen molar-refractivity contribution in [3.63, 3.8) is 0 Å². The van der Waals surface area contributed by atoms with Crippen LogP contribution in [0.15, 0.2) is 24.3 Å². The fraction of sp³-hybridized carbons (Fsp3) is 0.588. The zero-order chi connectivity index (χ0) is 15.2. The maximum Gasteiger partial charge on any atom is 0.253 e. The van der Waals surface area contributed by atoms with Gasteiger partial charge in [0.2, 0.25) is 0 Å². The molecule has 1 amide bonds. The molecule has 1 aliphatic heterocycles. The van der Waals surface area contributed by atoms with Crippen molar-refractivity contribution in [2.24, 2.45) is 0 Å². The number of rotatable bonds is 5. The van der Waals surface area contributed by atoms with E-state index < -0.39 is 0 Å². The first-order valence-electron chi connectivity index (χ1n) is 7.98. The Kier molecular flexibility index (Phi) is 5.62. The molecule has 1 N–H and O–H groups in total. The maximum atomic E-state index is 12.2. The normalized spacial score (nSPS) is 16.7. The molecule has 4 heteroatoms. The van der Waals surface area contributed by atoms with Gasteiger partial charge < -0.3 is 15.1 Å². The second-order valence-electron chi connectivity index (χ2n) is 5.78. The van der Waals surface area contributed by atoms with Crippen molar-refractivity contribution in [3.8, 4) is 0 Å². The molecule has 0 aliphatic carbocycles. The average Bonchev–Trinajstić information content (AvgIpc) is 2.51. The van der Waals surface area contributed by atoms with Crippen molar-refractivity contribution < 1.29 is 4.79 Å². The lowest BCUT2D eigenvalue weighted by Crippen LogP contribution is -2.36. The molecule has 4 nitrogen and oxygen atoms in total. The van der Waals surface area contributed by atoms with Gasteiger partial charge in [0.1, 0.15) is 0 Å². The molecule has 1 heterocycles. The van der Waals surface area contributed by atoms with Crippen LogP contribution in [0.1, 0.15) is 37.0 Å². The number of nitrogens with zero attached hydrogens (tertiary/aromatic N) is 2. The van der Waals surface area contributed by atoms with Crippen LogP contribution in [0.4, 0.5) is 5.69 Å². The summed E-state index contributed by atoms with van der Waals surface area (Å²) in [5.74, 6) is 0.117. The van der Waals surface area contributed by atoms with E-state index in [1.165, 1.54) is 12.8 Å². The van der Waals surface area contributed by atoms with Gasteiger partial charge in [-0.25, -0.2) is 0 Å². The molecule has 2 rings (SSSR count). The van der Waals surface area contributed by atoms with Crippen LogP contribution in [-0.2, 0) is 0 Å². The Hall–Kier alpha value is -1.55. The minimum atomic E-state index is 0.117. The van der Waals surface area contributed by atoms with Crippen LogP contribution in [0.3, 0.4) is 0 Å². The second kappa shape index (κ2) is 7.46. The van der Waals surface area contributed by atoms with Crippen LogP contribution in [0.2, 0.25) is 0 Å². The topological polar surface area (TPSA) is 35.6 Å². The molecule has 0 radical (unpaired) electrons. The Morgan fingerprint density at radius 2 is 1.76 bits per heavy atom. The lowest BCUT2D eigenvalue weighted by molar-refractivity contribution is 0.0773. The third-order valence-corrected chi connectivity index (χ3v) is 4.27. The Bertz CT molecular complexity index is 446. The van der Waals surface area contributed by atoms with E-state index in [2.05, 4.69) is 17.3 Å². The van der Waals surface area contributed by atoms with Crippen LogP contribution >= 0.6 is 0 Å². The molecule has 0 saturated carbocycles. The second-order valence-corrected chi connectivity index (χ2v) is 5.78. The molecule has 1 aromatic rings. The van der Waals surface area contributed by atoms with Crippen LogP contribution in [-0.4, -0.2) is 55.0 Å². The molecule has 1 aliphatic rings. The standard InChI is InChI=1S/C17H27N3O/c1-4-20(5-2)17(21)14-6-8-15(9-7-14)18-16-10-12-19(3)13-11-16/h6-9,16,18H,4-5,10-13H2,1-3H3. The number of nitrogens with one attached hydrogen (secondary N) is 1. The third kappa shape index (κ3) is 4.21. The minimum absolute atomic E-state index is 0.117. The highest BCUT2D eigenvalue weighted by Gasteiger charge is 2.16. The number of piperidine rings is 1. The Labute approximate surface area is 128 Å². The van der Waals surface area contributed by atoms with E-state index in [1.54, 1.807) is 0 Å². The van der Waals surface area contributed by atoms with E-state index in [1.807, 2.05) is 43.0 Å². The van der Waals surface area contributed by atoms with Gasteiger partial charge in [0.05, 0.1) is 0 Å². The summed E-state index contributed by atoms with van der Waals surface area (Å²) >= 11 is 0. The quantitative estimate of drug-likeness (QED) is 0.905. The minimum Gasteiger partial charge on any atom is -0.382 e. The largest absolute Gasteiger partial charge is 0.382 e. The first-order valence-corrected chi connectivity index (χ1v) is 7.98. The van der Waals surface area contributed by atoms with Crippen molar-refractivity contribution in [2.45, 2.75) is 32.7 Å². The van der Waals surface area contributed by atoms with Gasteiger partial charge in [-0.2, -0.15) is 0 Å². The number of anilines is 1. The fourth-order valence-corrected chi connectivity index (χ4v) is 2.79. The predicted octanol–water partition coefficient (Wildman–Crippen LogP) is 2.67. The van der Waals surface area contributed by atoms with Crippen molar-refractivity contribution in [2.75, 3.05) is 38.5 Å². The summed E-state index contributed by atoms with van der Waals surface area (Å²) in [6.45, 7) is 7.83. The SMILES string of the molecule is CCN(CC)C(=O)c1ccc(NC2CCN(C)CC2)cc1. The summed E-state index contributed by atoms with van der Waals surface area (Å²) < 4.78 is 0. The van der Waals surface area contributed by atoms with Crippen LogP contribution in [0.5, 0.6) is 0 Å². The number of carbonyl (C=O) groups excluding carboxylic acids is 1. The maximum absolute atomic E-state index is 12.2. The van der Waals surface area contributed by atoms with Crippen LogP contribution in [0.25, 0.3) is 0 Å². The van der Waals surface area contributed by atoms with Gasteiger partial charge in [-0.3, -0.25) is 4.79 Å². The molecule has 0 aromatic heterocycles. The van der Waals surface area contributed by atoms with E-state index in [4.69, 9.17) is 0 Å². The molecule has 21 heavy (non-hydrogen) atoms. The Morgan fingerprint density at radius 3 is 2.29 bits per heavy atom. The van der Waals surface area contributed by atoms with E-state index in [0.717, 1.165) is 37.4 Å². The molecule has 1 aromatic carbocycles. The first-order chi connectivity index (χ1) is 10.1. The first kappa shape index (κ1) is 15.8. The van der Waals surface area contributed by atoms with Gasteiger partial charge in [0.15, 0.2) is 0 Å². The van der Waals surface area contributed by atoms with Gasteiger partial charge in [-0.1, -0.05) is 0 Å². The number of likely N-dealkylation sites (tertiary alicyclic amines) is 1. The van der Waals surface area contributed by atoms with Crippen molar-refractivity contribution in [3.05, 3.63) is 29.8 Å². The third-order valence-electron chi connectivity index (χ3n) is 4.27. The summed E-state index contributed by atoms with van der Waals surface area (Å²) in [4.78, 5) is 16.5. The monoisotopic (exact) mass is 289 g/mol. The van der Waals surface area contributed by atoms with Gasteiger partial charge in [0, 0.05) is 30.4 Å². The molecular weight excluding hydrogens is 262 g/mol. The van der Waals surface area contributed by atoms with Crippen LogP contribution < -0.4 is 5.32 Å². The lowest BCUT2D eigenvalue weighted by Gasteiger charge is -2.30. The summed E-state index contributed by atoms with van der Waals surface area (Å²) in [6.07, 6.45) is 2.35. The summed E-state index contributed by atoms with van der Waals surface area (Å²) in [7, 11) is 2.17. The van der Waals surface area contributed by atoms with Crippen molar-refractivity contribution in [1.82, 2.24) is 9.80 Å². The number of hydrogen-bond acceptors (Lipinski definition) is 3. The van der Waals surface area contributed by atoms with Gasteiger partial charge in [0.25, 0.3) is 5.91 Å². The molecule has 0 atom stereocenters. The smallest absolute Gasteiger partial charge is 0.253 e. The highest BCUT2D eigenvalue weighted by Crippen LogP contribution is 2.17. The van der Waals surface area contributed by atoms with Gasteiger partial charge >= 0.3 is 0 Å². The van der Waals surface area contributed by atoms with Crippen molar-refractivity contribution in [1.29, 1.82) is 0 Å². The van der Waals surface area contributed by atoms with Crippen molar-refractivity contribution >= 4 is 11.6 Å². The molecule has 0 bridgehead atoms. The Morgan fingerprint density at radius 1 is 1.19 bits per heavy atom. The summed E-state index contributed by atoms with van der Waals surface area (Å²) in [5, 5.41) is 3.57. The molecule has 1 fully saturated rings. The predicted molar refractivity (Wildman–Crippen MR) is 87.8 cm³/mol. The van der Waals surface area contributed by atoms with Gasteiger partial charge in [-0.05, 0) is 71.1 Å². The van der Waals surface area contributed by atoms with Crippen LogP contribution in [0, 0.1) is 0 Å². The lowest BCUT2D eigenvalue weighted by atomic mass is 10.0. The molecule has 1 saturated heterocycles. The van der Waals surface area contributed by atoms with E-state index in [0.29, 0.717) is 6.04 Å². The van der Waals surface area contributed by atoms with E-state index in [9.17, 15) is 4.79 Å². The number of benzene rings is 1. The molecule has 0 spiro atoms. The van der Waals surface area contributed by atoms with E-state index >= 15 is 0 Å². The number of amides is 1. The summed E-state index contributed by atoms with van der Waals surface area (Å²) in [5.41, 5.74) is 1.88. The zero-order valence-corrected chi connectivity index (χ0v) is 13.4. The highest BCUT2D eigenvalue weighted by atomic mass is 16.2. The zero-order valence-electron chi connectivity index (χ0n) is 13.4. The van der Waals surface area contributed by atoms with Gasteiger partial charge in [-0.15, -0.1) is 0 Å². The molecular formula is C17H27N3O.